The highest BCUT2D eigenvalue weighted by Crippen LogP contribution is 2.14. The molecule has 0 saturated carbocycles. The lowest BCUT2D eigenvalue weighted by atomic mass is 10.2. The summed E-state index contributed by atoms with van der Waals surface area (Å²) in [5.74, 6) is -0.0727. The molecule has 1 heterocycles. The van der Waals surface area contributed by atoms with Crippen molar-refractivity contribution in [3.8, 4) is 0 Å². The number of aryl methyl sites for hydroxylation is 2. The van der Waals surface area contributed by atoms with Gasteiger partial charge in [0.15, 0.2) is 0 Å². The van der Waals surface area contributed by atoms with Crippen LogP contribution in [0.2, 0.25) is 0 Å². The van der Waals surface area contributed by atoms with Crippen molar-refractivity contribution in [3.05, 3.63) is 41.2 Å². The van der Waals surface area contributed by atoms with Crippen molar-refractivity contribution in [1.82, 2.24) is 15.2 Å². The first-order valence-electron chi connectivity index (χ1n) is 5.90. The maximum atomic E-state index is 12.2. The minimum absolute atomic E-state index is 0.0596. The van der Waals surface area contributed by atoms with Gasteiger partial charge >= 0.3 is 0 Å². The van der Waals surface area contributed by atoms with Crippen molar-refractivity contribution in [2.24, 2.45) is 5.73 Å². The quantitative estimate of drug-likeness (QED) is 0.805. The molecule has 1 aromatic heterocycles. The summed E-state index contributed by atoms with van der Waals surface area (Å²) in [7, 11) is -3.78. The number of anilines is 1. The molecule has 0 saturated heterocycles. The van der Waals surface area contributed by atoms with Gasteiger partial charge in [-0.15, -0.1) is 5.10 Å². The second-order valence-electron chi connectivity index (χ2n) is 4.30. The Hall–Kier alpha value is -2.13. The van der Waals surface area contributed by atoms with Gasteiger partial charge in [0.05, 0.1) is 16.3 Å². The summed E-state index contributed by atoms with van der Waals surface area (Å²) in [5.41, 5.74) is 7.30. The van der Waals surface area contributed by atoms with Crippen LogP contribution in [0.5, 0.6) is 0 Å². The van der Waals surface area contributed by atoms with Crippen LogP contribution in [0.25, 0.3) is 0 Å². The van der Waals surface area contributed by atoms with Gasteiger partial charge in [-0.25, -0.2) is 18.1 Å². The zero-order valence-electron chi connectivity index (χ0n) is 11.4. The third-order valence-corrected chi connectivity index (χ3v) is 4.35. The molecule has 2 aromatic rings. The summed E-state index contributed by atoms with van der Waals surface area (Å²) in [5, 5.41) is 7.52. The van der Waals surface area contributed by atoms with Crippen LogP contribution in [0.15, 0.2) is 29.2 Å². The van der Waals surface area contributed by atoms with Gasteiger partial charge in [-0.1, -0.05) is 24.4 Å². The maximum Gasteiger partial charge on any atom is 0.264 e. The summed E-state index contributed by atoms with van der Waals surface area (Å²) >= 11 is 4.81. The van der Waals surface area contributed by atoms with Gasteiger partial charge in [0.1, 0.15) is 4.99 Å². The van der Waals surface area contributed by atoms with Crippen molar-refractivity contribution >= 4 is 33.2 Å². The summed E-state index contributed by atoms with van der Waals surface area (Å²) in [4.78, 5) is 4.29. The lowest BCUT2D eigenvalue weighted by Crippen LogP contribution is -2.17. The zero-order chi connectivity index (χ0) is 15.6. The molecule has 0 aliphatic heterocycles. The Bertz CT molecular complexity index is 788. The predicted molar refractivity (Wildman–Crippen MR) is 82.4 cm³/mol. The highest BCUT2D eigenvalue weighted by molar-refractivity contribution is 7.92. The summed E-state index contributed by atoms with van der Waals surface area (Å²) < 4.78 is 26.7. The molecule has 9 heteroatoms. The van der Waals surface area contributed by atoms with Crippen LogP contribution in [-0.2, 0) is 10.0 Å². The van der Waals surface area contributed by atoms with Crippen LogP contribution < -0.4 is 10.5 Å². The monoisotopic (exact) mass is 323 g/mol. The first-order valence-corrected chi connectivity index (χ1v) is 7.79. The fourth-order valence-electron chi connectivity index (χ4n) is 1.48. The minimum atomic E-state index is -3.78. The minimum Gasteiger partial charge on any atom is -0.389 e. The van der Waals surface area contributed by atoms with Crippen LogP contribution in [0.1, 0.15) is 17.0 Å². The Balaban J connectivity index is 2.29. The molecular formula is C12H13N5O2S2. The molecular weight excluding hydrogens is 310 g/mol. The molecule has 0 atom stereocenters. The molecule has 3 N–H and O–H groups in total. The van der Waals surface area contributed by atoms with Gasteiger partial charge in [0.25, 0.3) is 16.0 Å². The molecule has 0 bridgehead atoms. The van der Waals surface area contributed by atoms with E-state index in [0.29, 0.717) is 17.0 Å². The van der Waals surface area contributed by atoms with E-state index in [2.05, 4.69) is 19.9 Å². The molecule has 0 unspecified atom stereocenters. The Morgan fingerprint density at radius 3 is 2.29 bits per heavy atom. The van der Waals surface area contributed by atoms with Gasteiger partial charge in [-0.3, -0.25) is 0 Å². The number of hydrogen-bond donors (Lipinski definition) is 2. The topological polar surface area (TPSA) is 111 Å². The summed E-state index contributed by atoms with van der Waals surface area (Å²) in [6, 6.07) is 5.89. The molecule has 0 spiro atoms. The number of rotatable bonds is 4. The van der Waals surface area contributed by atoms with E-state index in [4.69, 9.17) is 18.0 Å². The van der Waals surface area contributed by atoms with Crippen LogP contribution in [0.3, 0.4) is 0 Å². The average molecular weight is 323 g/mol. The molecule has 0 aliphatic carbocycles. The van der Waals surface area contributed by atoms with E-state index in [1.807, 2.05) is 0 Å². The number of aromatic nitrogens is 3. The van der Waals surface area contributed by atoms with E-state index in [1.54, 1.807) is 13.8 Å². The second kappa shape index (κ2) is 5.70. The molecule has 110 valence electrons. The number of nitrogens with two attached hydrogens (primary N) is 1. The number of sulfonamides is 1. The van der Waals surface area contributed by atoms with Crippen molar-refractivity contribution < 1.29 is 8.42 Å². The summed E-state index contributed by atoms with van der Waals surface area (Å²) in [6.07, 6.45) is 0. The fourth-order valence-corrected chi connectivity index (χ4v) is 2.55. The van der Waals surface area contributed by atoms with Gasteiger partial charge in [0.2, 0.25) is 0 Å². The molecule has 21 heavy (non-hydrogen) atoms. The number of nitrogens with one attached hydrogen (secondary N) is 1. The largest absolute Gasteiger partial charge is 0.389 e. The van der Waals surface area contributed by atoms with Crippen LogP contribution in [0, 0.1) is 13.8 Å². The smallest absolute Gasteiger partial charge is 0.264 e. The Labute approximate surface area is 127 Å². The van der Waals surface area contributed by atoms with Crippen molar-refractivity contribution in [2.45, 2.75) is 18.7 Å². The van der Waals surface area contributed by atoms with Crippen LogP contribution in [0.4, 0.5) is 5.95 Å². The Morgan fingerprint density at radius 1 is 1.14 bits per heavy atom. The first-order chi connectivity index (χ1) is 9.79. The zero-order valence-corrected chi connectivity index (χ0v) is 13.0. The van der Waals surface area contributed by atoms with E-state index in [-0.39, 0.29) is 15.8 Å². The molecule has 0 fully saturated rings. The number of benzene rings is 1. The standard InChI is InChI=1S/C12H13N5O2S2/c1-7-8(2)15-16-12(14-7)17-21(18,19)10-5-3-9(4-6-10)11(13)20/h3-6H,1-2H3,(H2,13,20)(H,14,16,17). The van der Waals surface area contributed by atoms with E-state index in [9.17, 15) is 8.42 Å². The van der Waals surface area contributed by atoms with E-state index >= 15 is 0 Å². The first kappa shape index (κ1) is 15.3. The number of nitrogens with zero attached hydrogens (tertiary/aromatic N) is 3. The van der Waals surface area contributed by atoms with Crippen LogP contribution in [-0.4, -0.2) is 28.6 Å². The van der Waals surface area contributed by atoms with Crippen molar-refractivity contribution in [3.63, 3.8) is 0 Å². The molecule has 1 aromatic carbocycles. The highest BCUT2D eigenvalue weighted by atomic mass is 32.2. The maximum absolute atomic E-state index is 12.2. The predicted octanol–water partition coefficient (Wildman–Crippen LogP) is 0.923. The van der Waals surface area contributed by atoms with Crippen LogP contribution >= 0.6 is 12.2 Å². The average Bonchev–Trinajstić information content (AvgIpc) is 2.43. The summed E-state index contributed by atoms with van der Waals surface area (Å²) in [6.45, 7) is 3.46. The Morgan fingerprint density at radius 2 is 1.76 bits per heavy atom. The molecule has 0 radical (unpaired) electrons. The number of thiocarbonyl (C=S) groups is 1. The second-order valence-corrected chi connectivity index (χ2v) is 6.42. The van der Waals surface area contributed by atoms with E-state index in [1.165, 1.54) is 24.3 Å². The number of hydrogen-bond acceptors (Lipinski definition) is 6. The van der Waals surface area contributed by atoms with Gasteiger partial charge in [-0.2, -0.15) is 5.10 Å². The lowest BCUT2D eigenvalue weighted by molar-refractivity contribution is 0.600. The lowest BCUT2D eigenvalue weighted by Gasteiger charge is -2.07. The third-order valence-electron chi connectivity index (χ3n) is 2.77. The van der Waals surface area contributed by atoms with E-state index < -0.39 is 10.0 Å². The SMILES string of the molecule is Cc1nnc(NS(=O)(=O)c2ccc(C(N)=S)cc2)nc1C. The molecule has 0 aliphatic rings. The van der Waals surface area contributed by atoms with Crippen molar-refractivity contribution in [1.29, 1.82) is 0 Å². The molecule has 7 nitrogen and oxygen atoms in total. The van der Waals surface area contributed by atoms with Gasteiger partial charge < -0.3 is 5.73 Å². The van der Waals surface area contributed by atoms with Crippen molar-refractivity contribution in [2.75, 3.05) is 4.72 Å². The third kappa shape index (κ3) is 3.50. The normalized spacial score (nSPS) is 11.1. The van der Waals surface area contributed by atoms with E-state index in [0.717, 1.165) is 0 Å². The van der Waals surface area contributed by atoms with Gasteiger partial charge in [0, 0.05) is 5.56 Å². The molecule has 2 rings (SSSR count). The Kier molecular flexibility index (Phi) is 4.14. The highest BCUT2D eigenvalue weighted by Gasteiger charge is 2.16. The fraction of sp³-hybridized carbons (Fsp3) is 0.167. The van der Waals surface area contributed by atoms with Gasteiger partial charge in [-0.05, 0) is 26.0 Å². The molecule has 0 amide bonds.